The average Bonchev–Trinajstić information content (AvgIpc) is 2.93. The van der Waals surface area contributed by atoms with E-state index in [0.29, 0.717) is 6.61 Å². The Morgan fingerprint density at radius 2 is 2.05 bits per heavy atom. The summed E-state index contributed by atoms with van der Waals surface area (Å²) in [6, 6.07) is 9.54. The molecule has 2 aromatic rings. The Kier molecular flexibility index (Phi) is 5.50. The molecular weight excluding hydrogens is 254 g/mol. The van der Waals surface area contributed by atoms with Crippen molar-refractivity contribution in [3.8, 4) is 11.5 Å². The monoisotopic (exact) mass is 275 g/mol. The highest BCUT2D eigenvalue weighted by molar-refractivity contribution is 5.33. The van der Waals surface area contributed by atoms with Gasteiger partial charge in [0.2, 0.25) is 0 Å². The summed E-state index contributed by atoms with van der Waals surface area (Å²) in [6.45, 7) is 4.35. The third-order valence-corrected chi connectivity index (χ3v) is 2.99. The zero-order chi connectivity index (χ0) is 14.2. The van der Waals surface area contributed by atoms with Crippen molar-refractivity contribution in [1.29, 1.82) is 0 Å². The second kappa shape index (κ2) is 7.60. The van der Waals surface area contributed by atoms with Crippen LogP contribution in [0.2, 0.25) is 0 Å². The minimum Gasteiger partial charge on any atom is -0.497 e. The zero-order valence-corrected chi connectivity index (χ0v) is 12.0. The molecule has 0 radical (unpaired) electrons. The van der Waals surface area contributed by atoms with E-state index in [0.717, 1.165) is 42.3 Å². The van der Waals surface area contributed by atoms with E-state index in [2.05, 4.69) is 12.2 Å². The van der Waals surface area contributed by atoms with Crippen LogP contribution in [0.5, 0.6) is 11.5 Å². The molecule has 0 atom stereocenters. The maximum atomic E-state index is 5.77. The van der Waals surface area contributed by atoms with Crippen LogP contribution in [0.3, 0.4) is 0 Å². The summed E-state index contributed by atoms with van der Waals surface area (Å²) in [4.78, 5) is 0. The third kappa shape index (κ3) is 4.03. The molecule has 1 aromatic heterocycles. The number of nitrogens with one attached hydrogen (secondary N) is 1. The van der Waals surface area contributed by atoms with Crippen molar-refractivity contribution < 1.29 is 13.9 Å². The average molecular weight is 275 g/mol. The maximum Gasteiger partial charge on any atom is 0.124 e. The van der Waals surface area contributed by atoms with Gasteiger partial charge < -0.3 is 19.2 Å². The first kappa shape index (κ1) is 14.5. The smallest absolute Gasteiger partial charge is 0.124 e. The van der Waals surface area contributed by atoms with Crippen molar-refractivity contribution in [2.75, 3.05) is 13.7 Å². The molecule has 0 aliphatic carbocycles. The summed E-state index contributed by atoms with van der Waals surface area (Å²) in [5.41, 5.74) is 1.07. The summed E-state index contributed by atoms with van der Waals surface area (Å²) < 4.78 is 16.4. The standard InChI is InChI=1S/C16H21NO3/c1-3-8-17-11-16-13(7-9-19-16)12-20-15-6-4-5-14(10-15)18-2/h4-7,9-10,17H,3,8,11-12H2,1-2H3. The molecule has 4 heteroatoms. The van der Waals surface area contributed by atoms with Crippen LogP contribution in [0.1, 0.15) is 24.7 Å². The van der Waals surface area contributed by atoms with Gasteiger partial charge in [0.25, 0.3) is 0 Å². The quantitative estimate of drug-likeness (QED) is 0.750. The topological polar surface area (TPSA) is 43.6 Å². The first-order valence-electron chi connectivity index (χ1n) is 6.86. The minimum atomic E-state index is 0.493. The molecule has 1 heterocycles. The Bertz CT molecular complexity index is 522. The van der Waals surface area contributed by atoms with Gasteiger partial charge in [0.15, 0.2) is 0 Å². The summed E-state index contributed by atoms with van der Waals surface area (Å²) in [6.07, 6.45) is 2.81. The lowest BCUT2D eigenvalue weighted by Gasteiger charge is -2.08. The summed E-state index contributed by atoms with van der Waals surface area (Å²) in [7, 11) is 1.65. The molecular formula is C16H21NO3. The van der Waals surface area contributed by atoms with Crippen LogP contribution in [-0.2, 0) is 13.2 Å². The number of hydrogen-bond acceptors (Lipinski definition) is 4. The van der Waals surface area contributed by atoms with Gasteiger partial charge in [-0.1, -0.05) is 13.0 Å². The van der Waals surface area contributed by atoms with E-state index in [1.807, 2.05) is 30.3 Å². The van der Waals surface area contributed by atoms with Gasteiger partial charge in [-0.3, -0.25) is 0 Å². The van der Waals surface area contributed by atoms with Crippen LogP contribution in [-0.4, -0.2) is 13.7 Å². The molecule has 0 saturated heterocycles. The van der Waals surface area contributed by atoms with E-state index in [1.165, 1.54) is 0 Å². The van der Waals surface area contributed by atoms with E-state index in [-0.39, 0.29) is 0 Å². The number of rotatable bonds is 8. The molecule has 0 unspecified atom stereocenters. The summed E-state index contributed by atoms with van der Waals surface area (Å²) in [5.74, 6) is 2.51. The molecule has 20 heavy (non-hydrogen) atoms. The Balaban J connectivity index is 1.91. The van der Waals surface area contributed by atoms with Crippen LogP contribution in [0.25, 0.3) is 0 Å². The Hall–Kier alpha value is -1.94. The summed E-state index contributed by atoms with van der Waals surface area (Å²) >= 11 is 0. The zero-order valence-electron chi connectivity index (χ0n) is 12.0. The fourth-order valence-electron chi connectivity index (χ4n) is 1.88. The molecule has 0 fully saturated rings. The molecule has 2 rings (SSSR count). The highest BCUT2D eigenvalue weighted by Gasteiger charge is 2.07. The van der Waals surface area contributed by atoms with Crippen molar-refractivity contribution in [1.82, 2.24) is 5.32 Å². The minimum absolute atomic E-state index is 0.493. The SMILES string of the molecule is CCCNCc1occc1COc1cccc(OC)c1. The third-order valence-electron chi connectivity index (χ3n) is 2.99. The number of furan rings is 1. The molecule has 1 N–H and O–H groups in total. The first-order chi connectivity index (χ1) is 9.83. The van der Waals surface area contributed by atoms with E-state index in [9.17, 15) is 0 Å². The number of methoxy groups -OCH3 is 1. The number of benzene rings is 1. The van der Waals surface area contributed by atoms with E-state index >= 15 is 0 Å². The van der Waals surface area contributed by atoms with Gasteiger partial charge in [-0.25, -0.2) is 0 Å². The van der Waals surface area contributed by atoms with Crippen LogP contribution in [0.4, 0.5) is 0 Å². The molecule has 108 valence electrons. The van der Waals surface area contributed by atoms with Crippen LogP contribution >= 0.6 is 0 Å². The molecule has 0 bridgehead atoms. The lowest BCUT2D eigenvalue weighted by atomic mass is 10.2. The molecule has 0 aliphatic heterocycles. The van der Waals surface area contributed by atoms with Crippen LogP contribution < -0.4 is 14.8 Å². The Morgan fingerprint density at radius 3 is 2.85 bits per heavy atom. The number of hydrogen-bond donors (Lipinski definition) is 1. The van der Waals surface area contributed by atoms with Gasteiger partial charge in [-0.05, 0) is 31.2 Å². The van der Waals surface area contributed by atoms with Gasteiger partial charge >= 0.3 is 0 Å². The fraction of sp³-hybridized carbons (Fsp3) is 0.375. The predicted octanol–water partition coefficient (Wildman–Crippen LogP) is 3.37. The highest BCUT2D eigenvalue weighted by Crippen LogP contribution is 2.21. The Labute approximate surface area is 119 Å². The van der Waals surface area contributed by atoms with E-state index < -0.39 is 0 Å². The van der Waals surface area contributed by atoms with Crippen LogP contribution in [0.15, 0.2) is 41.0 Å². The van der Waals surface area contributed by atoms with Crippen molar-refractivity contribution in [2.24, 2.45) is 0 Å². The molecule has 1 aromatic carbocycles. The van der Waals surface area contributed by atoms with Crippen molar-refractivity contribution in [3.63, 3.8) is 0 Å². The van der Waals surface area contributed by atoms with Crippen molar-refractivity contribution in [2.45, 2.75) is 26.5 Å². The second-order valence-corrected chi connectivity index (χ2v) is 4.51. The molecule has 0 aliphatic rings. The number of ether oxygens (including phenoxy) is 2. The van der Waals surface area contributed by atoms with Crippen molar-refractivity contribution >= 4 is 0 Å². The van der Waals surface area contributed by atoms with E-state index in [1.54, 1.807) is 13.4 Å². The van der Waals surface area contributed by atoms with Gasteiger partial charge in [0, 0.05) is 11.6 Å². The maximum absolute atomic E-state index is 5.77. The van der Waals surface area contributed by atoms with Gasteiger partial charge in [0.05, 0.1) is 19.9 Å². The van der Waals surface area contributed by atoms with E-state index in [4.69, 9.17) is 13.9 Å². The highest BCUT2D eigenvalue weighted by atomic mass is 16.5. The van der Waals surface area contributed by atoms with Gasteiger partial charge in [-0.2, -0.15) is 0 Å². The molecule has 0 spiro atoms. The lowest BCUT2D eigenvalue weighted by Crippen LogP contribution is -2.14. The lowest BCUT2D eigenvalue weighted by molar-refractivity contribution is 0.299. The second-order valence-electron chi connectivity index (χ2n) is 4.51. The fourth-order valence-corrected chi connectivity index (χ4v) is 1.88. The normalized spacial score (nSPS) is 10.5. The molecule has 0 saturated carbocycles. The van der Waals surface area contributed by atoms with Gasteiger partial charge in [-0.15, -0.1) is 0 Å². The first-order valence-corrected chi connectivity index (χ1v) is 6.86. The van der Waals surface area contributed by atoms with Gasteiger partial charge in [0.1, 0.15) is 23.9 Å². The predicted molar refractivity (Wildman–Crippen MR) is 78.0 cm³/mol. The summed E-state index contributed by atoms with van der Waals surface area (Å²) in [5, 5.41) is 3.32. The largest absolute Gasteiger partial charge is 0.497 e. The molecule has 4 nitrogen and oxygen atoms in total. The van der Waals surface area contributed by atoms with Crippen LogP contribution in [0, 0.1) is 0 Å². The Morgan fingerprint density at radius 1 is 1.20 bits per heavy atom. The molecule has 0 amide bonds. The van der Waals surface area contributed by atoms with Crippen molar-refractivity contribution in [3.05, 3.63) is 47.9 Å².